The van der Waals surface area contributed by atoms with E-state index in [0.29, 0.717) is 17.2 Å². The molecule has 4 aromatic rings. The van der Waals surface area contributed by atoms with Crippen molar-refractivity contribution in [3.63, 3.8) is 0 Å². The highest BCUT2D eigenvalue weighted by molar-refractivity contribution is 7.22. The summed E-state index contributed by atoms with van der Waals surface area (Å²) in [4.78, 5) is 30.2. The Hall–Kier alpha value is -3.69. The van der Waals surface area contributed by atoms with Crippen LogP contribution in [0.5, 0.6) is 17.2 Å². The predicted octanol–water partition coefficient (Wildman–Crippen LogP) is 6.33. The fourth-order valence-corrected chi connectivity index (χ4v) is 4.41. The number of nitrogens with zero attached hydrogens (tertiary/aromatic N) is 3. The van der Waals surface area contributed by atoms with Gasteiger partial charge in [0, 0.05) is 23.2 Å². The molecular formula is C23H18ClN3O5S. The first-order valence-corrected chi connectivity index (χ1v) is 11.1. The number of para-hydroxylation sites is 1. The first kappa shape index (κ1) is 22.5. The number of rotatable bonds is 7. The molecule has 10 heteroatoms. The van der Waals surface area contributed by atoms with E-state index >= 15 is 0 Å². The first-order chi connectivity index (χ1) is 15.9. The van der Waals surface area contributed by atoms with E-state index in [9.17, 15) is 14.9 Å². The molecule has 8 nitrogen and oxygen atoms in total. The second kappa shape index (κ2) is 9.43. The summed E-state index contributed by atoms with van der Waals surface area (Å²) in [5.41, 5.74) is 0.915. The van der Waals surface area contributed by atoms with Gasteiger partial charge in [0.15, 0.2) is 16.6 Å². The monoisotopic (exact) mass is 483 g/mol. The molecule has 0 aliphatic heterocycles. The number of thiazole rings is 1. The van der Waals surface area contributed by atoms with E-state index in [1.165, 1.54) is 48.8 Å². The minimum Gasteiger partial charge on any atom is -0.493 e. The van der Waals surface area contributed by atoms with Crippen molar-refractivity contribution in [1.29, 1.82) is 0 Å². The van der Waals surface area contributed by atoms with Crippen molar-refractivity contribution in [2.75, 3.05) is 18.6 Å². The molecule has 1 amide bonds. The van der Waals surface area contributed by atoms with Crippen molar-refractivity contribution < 1.29 is 19.2 Å². The van der Waals surface area contributed by atoms with E-state index in [2.05, 4.69) is 4.98 Å². The van der Waals surface area contributed by atoms with E-state index in [1.807, 2.05) is 31.2 Å². The SMILES string of the molecule is CCN(C(=O)c1ccc(Oc2ccc(Cl)cc2[N+](=O)[O-])c(OC)c1)c1nc2ccccc2s1. The van der Waals surface area contributed by atoms with Crippen LogP contribution < -0.4 is 14.4 Å². The van der Waals surface area contributed by atoms with Gasteiger partial charge in [0.25, 0.3) is 5.91 Å². The van der Waals surface area contributed by atoms with Gasteiger partial charge in [-0.05, 0) is 49.4 Å². The van der Waals surface area contributed by atoms with Gasteiger partial charge in [0.05, 0.1) is 22.2 Å². The number of aromatic nitrogens is 1. The molecule has 168 valence electrons. The number of nitro benzene ring substituents is 1. The molecule has 3 aromatic carbocycles. The number of halogens is 1. The van der Waals surface area contributed by atoms with Crippen molar-refractivity contribution in [2.45, 2.75) is 6.92 Å². The Morgan fingerprint density at radius 3 is 2.58 bits per heavy atom. The Morgan fingerprint density at radius 1 is 1.12 bits per heavy atom. The summed E-state index contributed by atoms with van der Waals surface area (Å²) in [6.45, 7) is 2.30. The maximum Gasteiger partial charge on any atom is 0.313 e. The second-order valence-electron chi connectivity index (χ2n) is 6.85. The highest BCUT2D eigenvalue weighted by atomic mass is 35.5. The fraction of sp³-hybridized carbons (Fsp3) is 0.130. The van der Waals surface area contributed by atoms with Gasteiger partial charge in [-0.2, -0.15) is 0 Å². The number of ether oxygens (including phenoxy) is 2. The van der Waals surface area contributed by atoms with E-state index in [0.717, 1.165) is 10.2 Å². The molecule has 0 N–H and O–H groups in total. The van der Waals surface area contributed by atoms with Crippen molar-refractivity contribution in [1.82, 2.24) is 4.98 Å². The number of fused-ring (bicyclic) bond motifs is 1. The number of nitro groups is 1. The van der Waals surface area contributed by atoms with Gasteiger partial charge in [-0.3, -0.25) is 19.8 Å². The zero-order valence-corrected chi connectivity index (χ0v) is 19.2. The molecule has 1 heterocycles. The topological polar surface area (TPSA) is 94.8 Å². The van der Waals surface area contributed by atoms with E-state index in [4.69, 9.17) is 21.1 Å². The number of hydrogen-bond donors (Lipinski definition) is 0. The van der Waals surface area contributed by atoms with Gasteiger partial charge in [-0.15, -0.1) is 0 Å². The van der Waals surface area contributed by atoms with E-state index in [1.54, 1.807) is 11.0 Å². The van der Waals surface area contributed by atoms with Gasteiger partial charge in [-0.25, -0.2) is 4.98 Å². The lowest BCUT2D eigenvalue weighted by Gasteiger charge is -2.18. The molecule has 0 aliphatic carbocycles. The van der Waals surface area contributed by atoms with Crippen LogP contribution in [0.15, 0.2) is 60.7 Å². The maximum absolute atomic E-state index is 13.3. The van der Waals surface area contributed by atoms with Gasteiger partial charge in [0.1, 0.15) is 0 Å². The van der Waals surface area contributed by atoms with E-state index in [-0.39, 0.29) is 33.9 Å². The molecule has 0 aliphatic rings. The lowest BCUT2D eigenvalue weighted by atomic mass is 10.1. The third-order valence-electron chi connectivity index (χ3n) is 4.82. The summed E-state index contributed by atoms with van der Waals surface area (Å²) in [7, 11) is 1.43. The van der Waals surface area contributed by atoms with Crippen LogP contribution >= 0.6 is 22.9 Å². The molecule has 33 heavy (non-hydrogen) atoms. The quantitative estimate of drug-likeness (QED) is 0.225. The molecule has 0 saturated heterocycles. The smallest absolute Gasteiger partial charge is 0.313 e. The van der Waals surface area contributed by atoms with Crippen molar-refractivity contribution >= 4 is 49.9 Å². The molecule has 0 spiro atoms. The van der Waals surface area contributed by atoms with Crippen LogP contribution in [0.4, 0.5) is 10.8 Å². The zero-order valence-electron chi connectivity index (χ0n) is 17.6. The number of carbonyl (C=O) groups excluding carboxylic acids is 1. The average Bonchev–Trinajstić information content (AvgIpc) is 3.24. The van der Waals surface area contributed by atoms with Gasteiger partial charge in [0.2, 0.25) is 5.75 Å². The highest BCUT2D eigenvalue weighted by Gasteiger charge is 2.23. The van der Waals surface area contributed by atoms with Crippen LogP contribution in [0.25, 0.3) is 10.2 Å². The third-order valence-corrected chi connectivity index (χ3v) is 6.12. The summed E-state index contributed by atoms with van der Waals surface area (Å²) >= 11 is 7.30. The molecule has 1 aromatic heterocycles. The van der Waals surface area contributed by atoms with Gasteiger partial charge < -0.3 is 9.47 Å². The standard InChI is InChI=1S/C23H18ClN3O5S/c1-3-26(23-25-16-6-4-5-7-21(16)33-23)22(28)14-8-10-19(20(12-14)31-2)32-18-11-9-15(24)13-17(18)27(29)30/h4-13H,3H2,1-2H3. The molecule has 0 bridgehead atoms. The Labute approximate surface area is 198 Å². The lowest BCUT2D eigenvalue weighted by Crippen LogP contribution is -2.30. The van der Waals surface area contributed by atoms with Crippen molar-refractivity contribution in [3.05, 3.63) is 81.4 Å². The maximum atomic E-state index is 13.3. The molecule has 4 rings (SSSR count). The third kappa shape index (κ3) is 4.59. The molecule has 0 unspecified atom stereocenters. The number of anilines is 1. The van der Waals surface area contributed by atoms with Crippen LogP contribution in [0.2, 0.25) is 5.02 Å². The predicted molar refractivity (Wildman–Crippen MR) is 128 cm³/mol. The van der Waals surface area contributed by atoms with Crippen LogP contribution in [-0.2, 0) is 0 Å². The van der Waals surface area contributed by atoms with E-state index < -0.39 is 4.92 Å². The lowest BCUT2D eigenvalue weighted by molar-refractivity contribution is -0.385. The minimum atomic E-state index is -0.581. The minimum absolute atomic E-state index is 0.00596. The number of methoxy groups -OCH3 is 1. The van der Waals surface area contributed by atoms with Crippen molar-refractivity contribution in [3.8, 4) is 17.2 Å². The van der Waals surface area contributed by atoms with Crippen LogP contribution in [-0.4, -0.2) is 29.5 Å². The molecule has 0 saturated carbocycles. The summed E-state index contributed by atoms with van der Waals surface area (Å²) in [5, 5.41) is 12.2. The number of amides is 1. The fourth-order valence-electron chi connectivity index (χ4n) is 3.22. The Bertz CT molecular complexity index is 1320. The van der Waals surface area contributed by atoms with Crippen LogP contribution in [0.3, 0.4) is 0 Å². The van der Waals surface area contributed by atoms with Gasteiger partial charge in [-0.1, -0.05) is 35.1 Å². The Kier molecular flexibility index (Phi) is 6.43. The molecular weight excluding hydrogens is 466 g/mol. The number of carbonyl (C=O) groups is 1. The number of benzene rings is 3. The summed E-state index contributed by atoms with van der Waals surface area (Å²) in [5.74, 6) is 0.235. The van der Waals surface area contributed by atoms with Crippen LogP contribution in [0, 0.1) is 10.1 Å². The summed E-state index contributed by atoms with van der Waals surface area (Å²) in [6, 6.07) is 16.5. The Balaban J connectivity index is 1.64. The average molecular weight is 484 g/mol. The first-order valence-electron chi connectivity index (χ1n) is 9.88. The number of hydrogen-bond acceptors (Lipinski definition) is 7. The van der Waals surface area contributed by atoms with Crippen LogP contribution in [0.1, 0.15) is 17.3 Å². The van der Waals surface area contributed by atoms with Crippen molar-refractivity contribution in [2.24, 2.45) is 0 Å². The Morgan fingerprint density at radius 2 is 1.88 bits per heavy atom. The summed E-state index contributed by atoms with van der Waals surface area (Å²) in [6.07, 6.45) is 0. The largest absolute Gasteiger partial charge is 0.493 e. The normalized spacial score (nSPS) is 10.8. The van der Waals surface area contributed by atoms with Gasteiger partial charge >= 0.3 is 5.69 Å². The highest BCUT2D eigenvalue weighted by Crippen LogP contribution is 2.38. The molecule has 0 fully saturated rings. The second-order valence-corrected chi connectivity index (χ2v) is 8.30. The molecule has 0 atom stereocenters. The summed E-state index contributed by atoms with van der Waals surface area (Å²) < 4.78 is 12.1. The zero-order chi connectivity index (χ0) is 23.5. The molecule has 0 radical (unpaired) electrons.